The van der Waals surface area contributed by atoms with E-state index in [1.54, 1.807) is 0 Å². The van der Waals surface area contributed by atoms with Crippen LogP contribution in [0.25, 0.3) is 66.1 Å². The minimum Gasteiger partial charge on any atom is -0.309 e. The predicted octanol–water partition coefficient (Wildman–Crippen LogP) is 9.66. The van der Waals surface area contributed by atoms with Crippen LogP contribution in [0.2, 0.25) is 0 Å². The molecule has 0 atom stereocenters. The van der Waals surface area contributed by atoms with Gasteiger partial charge in [0.25, 0.3) is 0 Å². The van der Waals surface area contributed by atoms with Crippen LogP contribution in [0.3, 0.4) is 0 Å². The standard InChI is InChI=1S/C46H34N8/c1-2-34-23-46-42(29-52-34)41-28-49-20-17-45(41)54(46)38-13-5-31(6-14-38)22-36-10-8-33(25-51-36)32-7-9-35(50-24-32)21-30-3-11-37(12-4-30)53-43-15-18-47-26-39(43)40-27-48-19-16-44(40)53/h3-20,23-29H,2,21-22H2,1H3. The average molecular weight is 699 g/mol. The molecule has 8 nitrogen and oxygen atoms in total. The minimum absolute atomic E-state index is 0.753. The van der Waals surface area contributed by atoms with Gasteiger partial charge in [-0.05, 0) is 78.2 Å². The van der Waals surface area contributed by atoms with Crippen molar-refractivity contribution in [3.8, 4) is 22.5 Å². The van der Waals surface area contributed by atoms with Crippen molar-refractivity contribution in [2.45, 2.75) is 26.2 Å². The maximum absolute atomic E-state index is 4.83. The third kappa shape index (κ3) is 5.56. The molecule has 0 aliphatic rings. The average Bonchev–Trinajstić information content (AvgIpc) is 3.75. The van der Waals surface area contributed by atoms with Crippen LogP contribution in [0, 0.1) is 0 Å². The highest BCUT2D eigenvalue weighted by molar-refractivity contribution is 6.09. The number of pyridine rings is 6. The van der Waals surface area contributed by atoms with Crippen LogP contribution in [0.15, 0.2) is 153 Å². The van der Waals surface area contributed by atoms with E-state index in [4.69, 9.17) is 9.97 Å². The van der Waals surface area contributed by atoms with E-state index in [-0.39, 0.29) is 0 Å². The number of aryl methyl sites for hydroxylation is 1. The van der Waals surface area contributed by atoms with E-state index in [2.05, 4.69) is 133 Å². The van der Waals surface area contributed by atoms with Crippen molar-refractivity contribution in [1.29, 1.82) is 0 Å². The van der Waals surface area contributed by atoms with E-state index in [1.165, 1.54) is 11.1 Å². The van der Waals surface area contributed by atoms with Crippen molar-refractivity contribution in [3.63, 3.8) is 0 Å². The largest absolute Gasteiger partial charge is 0.309 e. The Balaban J connectivity index is 0.825. The number of hydrogen-bond acceptors (Lipinski definition) is 6. The van der Waals surface area contributed by atoms with Crippen molar-refractivity contribution >= 4 is 43.6 Å². The summed E-state index contributed by atoms with van der Waals surface area (Å²) in [5.74, 6) is 0. The van der Waals surface area contributed by atoms with Gasteiger partial charge in [0.1, 0.15) is 0 Å². The lowest BCUT2D eigenvalue weighted by Crippen LogP contribution is -1.97. The van der Waals surface area contributed by atoms with E-state index in [9.17, 15) is 0 Å². The zero-order valence-electron chi connectivity index (χ0n) is 29.6. The third-order valence-corrected chi connectivity index (χ3v) is 10.4. The normalized spacial score (nSPS) is 11.6. The van der Waals surface area contributed by atoms with Gasteiger partial charge in [-0.2, -0.15) is 0 Å². The van der Waals surface area contributed by atoms with Crippen LogP contribution >= 0.6 is 0 Å². The summed E-state index contributed by atoms with van der Waals surface area (Å²) in [6.07, 6.45) is 19.6. The summed E-state index contributed by atoms with van der Waals surface area (Å²) in [7, 11) is 0. The fraction of sp³-hybridized carbons (Fsp3) is 0.0870. The van der Waals surface area contributed by atoms with E-state index < -0.39 is 0 Å². The molecule has 0 saturated carbocycles. The number of fused-ring (bicyclic) bond motifs is 6. The molecule has 0 aliphatic heterocycles. The number of aromatic nitrogens is 8. The zero-order chi connectivity index (χ0) is 36.0. The molecule has 0 aliphatic carbocycles. The first-order valence-corrected chi connectivity index (χ1v) is 18.2. The van der Waals surface area contributed by atoms with Gasteiger partial charge in [-0.3, -0.25) is 29.9 Å². The Hall–Kier alpha value is -7.06. The lowest BCUT2D eigenvalue weighted by atomic mass is 10.0. The summed E-state index contributed by atoms with van der Waals surface area (Å²) in [6, 6.07) is 34.4. The molecular weight excluding hydrogens is 665 g/mol. The maximum Gasteiger partial charge on any atom is 0.0575 e. The molecule has 0 bridgehead atoms. The van der Waals surface area contributed by atoms with Crippen molar-refractivity contribution in [2.24, 2.45) is 0 Å². The predicted molar refractivity (Wildman–Crippen MR) is 215 cm³/mol. The van der Waals surface area contributed by atoms with Crippen LogP contribution in [0.1, 0.15) is 35.1 Å². The highest BCUT2D eigenvalue weighted by atomic mass is 15.0. The monoisotopic (exact) mass is 698 g/mol. The molecule has 2 aromatic carbocycles. The van der Waals surface area contributed by atoms with Gasteiger partial charge in [0.2, 0.25) is 0 Å². The zero-order valence-corrected chi connectivity index (χ0v) is 29.6. The highest BCUT2D eigenvalue weighted by Gasteiger charge is 2.15. The van der Waals surface area contributed by atoms with Crippen molar-refractivity contribution in [2.75, 3.05) is 0 Å². The first kappa shape index (κ1) is 31.7. The Morgan fingerprint density at radius 2 is 0.833 bits per heavy atom. The molecule has 0 radical (unpaired) electrons. The van der Waals surface area contributed by atoms with Gasteiger partial charge in [0, 0.05) is 130 Å². The molecule has 0 unspecified atom stereocenters. The summed E-state index contributed by atoms with van der Waals surface area (Å²) in [6.45, 7) is 2.14. The molecule has 10 rings (SSSR count). The first-order chi connectivity index (χ1) is 26.7. The quantitative estimate of drug-likeness (QED) is 0.157. The molecule has 0 spiro atoms. The summed E-state index contributed by atoms with van der Waals surface area (Å²) in [4.78, 5) is 27.4. The molecule has 54 heavy (non-hydrogen) atoms. The van der Waals surface area contributed by atoms with E-state index >= 15 is 0 Å². The van der Waals surface area contributed by atoms with E-state index in [0.29, 0.717) is 0 Å². The van der Waals surface area contributed by atoms with Crippen LogP contribution < -0.4 is 0 Å². The molecule has 0 amide bonds. The van der Waals surface area contributed by atoms with Crippen LogP contribution in [0.4, 0.5) is 0 Å². The summed E-state index contributed by atoms with van der Waals surface area (Å²) in [5.41, 5.74) is 14.4. The molecule has 8 heterocycles. The molecule has 0 saturated heterocycles. The molecule has 0 fully saturated rings. The molecular formula is C46H34N8. The Morgan fingerprint density at radius 1 is 0.407 bits per heavy atom. The molecule has 8 heteroatoms. The Kier molecular flexibility index (Phi) is 7.72. The van der Waals surface area contributed by atoms with Crippen LogP contribution in [-0.4, -0.2) is 39.0 Å². The Morgan fingerprint density at radius 3 is 1.26 bits per heavy atom. The number of rotatable bonds is 8. The van der Waals surface area contributed by atoms with E-state index in [0.717, 1.165) is 102 Å². The molecule has 0 N–H and O–H groups in total. The topological polar surface area (TPSA) is 87.2 Å². The van der Waals surface area contributed by atoms with Crippen molar-refractivity contribution in [3.05, 3.63) is 181 Å². The SMILES string of the molecule is CCc1cc2c(cn1)c1cnccc1n2-c1ccc(Cc2ccc(-c3ccc(Cc4ccc(-n5c6ccncc6c6cnccc65)cc4)nc3)cn2)cc1. The number of hydrogen-bond donors (Lipinski definition) is 0. The Bertz CT molecular complexity index is 2890. The summed E-state index contributed by atoms with van der Waals surface area (Å²) >= 11 is 0. The summed E-state index contributed by atoms with van der Waals surface area (Å²) in [5, 5.41) is 4.43. The van der Waals surface area contributed by atoms with Gasteiger partial charge in [-0.25, -0.2) is 0 Å². The van der Waals surface area contributed by atoms with Crippen molar-refractivity contribution < 1.29 is 0 Å². The second-order valence-corrected chi connectivity index (χ2v) is 13.7. The second kappa shape index (κ2) is 13.2. The van der Waals surface area contributed by atoms with Gasteiger partial charge >= 0.3 is 0 Å². The van der Waals surface area contributed by atoms with Crippen molar-refractivity contribution in [1.82, 2.24) is 39.0 Å². The maximum atomic E-state index is 4.83. The van der Waals surface area contributed by atoms with Gasteiger partial charge < -0.3 is 9.13 Å². The van der Waals surface area contributed by atoms with E-state index in [1.807, 2.05) is 55.8 Å². The summed E-state index contributed by atoms with van der Waals surface area (Å²) < 4.78 is 4.58. The molecule has 258 valence electrons. The highest BCUT2D eigenvalue weighted by Crippen LogP contribution is 2.33. The van der Waals surface area contributed by atoms with Crippen LogP contribution in [0.5, 0.6) is 0 Å². The minimum atomic E-state index is 0.753. The van der Waals surface area contributed by atoms with Gasteiger partial charge in [-0.1, -0.05) is 43.3 Å². The lowest BCUT2D eigenvalue weighted by Gasteiger charge is -2.10. The fourth-order valence-electron chi connectivity index (χ4n) is 7.60. The lowest BCUT2D eigenvalue weighted by molar-refractivity contribution is 1.04. The van der Waals surface area contributed by atoms with Gasteiger partial charge in [-0.15, -0.1) is 0 Å². The molecule has 8 aromatic heterocycles. The number of nitrogens with zero attached hydrogens (tertiary/aromatic N) is 8. The smallest absolute Gasteiger partial charge is 0.0575 e. The van der Waals surface area contributed by atoms with Gasteiger partial charge in [0.15, 0.2) is 0 Å². The van der Waals surface area contributed by atoms with Gasteiger partial charge in [0.05, 0.1) is 22.1 Å². The second-order valence-electron chi connectivity index (χ2n) is 13.7. The molecule has 10 aromatic rings. The number of benzene rings is 2. The fourth-order valence-corrected chi connectivity index (χ4v) is 7.60. The van der Waals surface area contributed by atoms with Crippen LogP contribution in [-0.2, 0) is 19.3 Å². The third-order valence-electron chi connectivity index (χ3n) is 10.4. The Labute approximate surface area is 311 Å². The first-order valence-electron chi connectivity index (χ1n) is 18.2.